The van der Waals surface area contributed by atoms with Crippen molar-refractivity contribution in [2.45, 2.75) is 25.3 Å². The van der Waals surface area contributed by atoms with E-state index in [0.29, 0.717) is 24.0 Å². The number of anilines is 1. The number of carbonyl (C=O) groups excluding carboxylic acids is 1. The van der Waals surface area contributed by atoms with Gasteiger partial charge in [0.15, 0.2) is 0 Å². The largest absolute Gasteiger partial charge is 0.370 e. The van der Waals surface area contributed by atoms with E-state index in [-0.39, 0.29) is 5.91 Å². The molecule has 0 aliphatic heterocycles. The van der Waals surface area contributed by atoms with Crippen molar-refractivity contribution in [1.29, 1.82) is 0 Å². The summed E-state index contributed by atoms with van der Waals surface area (Å²) in [5.74, 6) is 0.688. The Morgan fingerprint density at radius 1 is 1.11 bits per heavy atom. The summed E-state index contributed by atoms with van der Waals surface area (Å²) in [7, 11) is 0. The van der Waals surface area contributed by atoms with Gasteiger partial charge >= 0.3 is 0 Å². The van der Waals surface area contributed by atoms with Gasteiger partial charge in [0.25, 0.3) is 5.91 Å². The molecule has 1 aliphatic rings. The van der Waals surface area contributed by atoms with E-state index in [1.807, 2.05) is 65.3 Å². The normalized spacial score (nSPS) is 13.7. The van der Waals surface area contributed by atoms with Crippen LogP contribution in [0.4, 0.5) is 5.82 Å². The predicted octanol–water partition coefficient (Wildman–Crippen LogP) is 3.43. The van der Waals surface area contributed by atoms with Crippen LogP contribution in [0.5, 0.6) is 0 Å². The van der Waals surface area contributed by atoms with Crippen molar-refractivity contribution in [1.82, 2.24) is 19.7 Å². The zero-order chi connectivity index (χ0) is 18.9. The van der Waals surface area contributed by atoms with Crippen LogP contribution >= 0.6 is 0 Å². The first-order valence-electron chi connectivity index (χ1n) is 9.63. The number of carbonyl (C=O) groups is 1. The fourth-order valence-electron chi connectivity index (χ4n) is 3.37. The molecule has 28 heavy (non-hydrogen) atoms. The molecule has 3 heterocycles. The Kier molecular flexibility index (Phi) is 4.16. The smallest absolute Gasteiger partial charge is 0.252 e. The zero-order valence-corrected chi connectivity index (χ0v) is 15.4. The van der Waals surface area contributed by atoms with Crippen LogP contribution in [0.25, 0.3) is 16.6 Å². The summed E-state index contributed by atoms with van der Waals surface area (Å²) in [6.07, 6.45) is 6.95. The number of aromatic nitrogens is 3. The molecule has 0 unspecified atom stereocenters. The van der Waals surface area contributed by atoms with Crippen LogP contribution < -0.4 is 10.6 Å². The lowest BCUT2D eigenvalue weighted by atomic mass is 10.1. The Balaban J connectivity index is 1.35. The second kappa shape index (κ2) is 6.96. The number of rotatable bonds is 6. The van der Waals surface area contributed by atoms with E-state index in [0.717, 1.165) is 41.5 Å². The van der Waals surface area contributed by atoms with E-state index in [4.69, 9.17) is 0 Å². The van der Waals surface area contributed by atoms with Crippen molar-refractivity contribution in [2.24, 2.45) is 0 Å². The van der Waals surface area contributed by atoms with Crippen molar-refractivity contribution in [2.75, 3.05) is 11.9 Å². The van der Waals surface area contributed by atoms with Gasteiger partial charge in [-0.05, 0) is 37.1 Å². The fourth-order valence-corrected chi connectivity index (χ4v) is 3.37. The summed E-state index contributed by atoms with van der Waals surface area (Å²) in [6, 6.07) is 15.9. The van der Waals surface area contributed by atoms with Crippen molar-refractivity contribution >= 4 is 28.3 Å². The molecule has 6 nitrogen and oxygen atoms in total. The Hall–Kier alpha value is -3.41. The molecule has 1 amide bonds. The summed E-state index contributed by atoms with van der Waals surface area (Å²) in [6.45, 7) is 0.693. The summed E-state index contributed by atoms with van der Waals surface area (Å²) in [4.78, 5) is 22.0. The van der Waals surface area contributed by atoms with Gasteiger partial charge in [-0.25, -0.2) is 9.97 Å². The van der Waals surface area contributed by atoms with Crippen molar-refractivity contribution in [3.63, 3.8) is 0 Å². The minimum atomic E-state index is -0.0236. The van der Waals surface area contributed by atoms with Gasteiger partial charge in [-0.15, -0.1) is 0 Å². The van der Waals surface area contributed by atoms with Gasteiger partial charge < -0.3 is 15.0 Å². The number of benzene rings is 1. The van der Waals surface area contributed by atoms with Crippen molar-refractivity contribution < 1.29 is 4.79 Å². The first-order chi connectivity index (χ1) is 13.8. The number of pyridine rings is 2. The maximum absolute atomic E-state index is 12.7. The molecule has 0 bridgehead atoms. The van der Waals surface area contributed by atoms with Crippen molar-refractivity contribution in [3.8, 4) is 0 Å². The Bertz CT molecular complexity index is 1130. The molecule has 2 N–H and O–H groups in total. The maximum Gasteiger partial charge on any atom is 0.252 e. The van der Waals surface area contributed by atoms with E-state index in [1.54, 1.807) is 0 Å². The van der Waals surface area contributed by atoms with Crippen LogP contribution in [0.15, 0.2) is 60.9 Å². The quantitative estimate of drug-likeness (QED) is 0.545. The number of hydrogen-bond donors (Lipinski definition) is 2. The molecule has 3 aromatic heterocycles. The van der Waals surface area contributed by atoms with Gasteiger partial charge in [-0.2, -0.15) is 0 Å². The molecule has 0 spiro atoms. The molecule has 1 saturated carbocycles. The molecule has 0 atom stereocenters. The lowest BCUT2D eigenvalue weighted by Crippen LogP contribution is -2.25. The summed E-state index contributed by atoms with van der Waals surface area (Å²) >= 11 is 0. The Labute approximate surface area is 162 Å². The van der Waals surface area contributed by atoms with Gasteiger partial charge in [0, 0.05) is 36.8 Å². The fraction of sp³-hybridized carbons (Fsp3) is 0.227. The van der Waals surface area contributed by atoms with Gasteiger partial charge in [0.2, 0.25) is 0 Å². The summed E-state index contributed by atoms with van der Waals surface area (Å²) < 4.78 is 2.02. The van der Waals surface area contributed by atoms with E-state index < -0.39 is 0 Å². The van der Waals surface area contributed by atoms with E-state index >= 15 is 0 Å². The van der Waals surface area contributed by atoms with Crippen LogP contribution in [0, 0.1) is 0 Å². The third-order valence-corrected chi connectivity index (χ3v) is 4.97. The number of hydrogen-bond acceptors (Lipinski definition) is 4. The molecule has 1 aliphatic carbocycles. The van der Waals surface area contributed by atoms with Gasteiger partial charge in [0.1, 0.15) is 11.5 Å². The third-order valence-electron chi connectivity index (χ3n) is 4.97. The first-order valence-corrected chi connectivity index (χ1v) is 9.63. The number of fused-ring (bicyclic) bond motifs is 2. The van der Waals surface area contributed by atoms with Crippen LogP contribution in [0.3, 0.4) is 0 Å². The van der Waals surface area contributed by atoms with E-state index in [1.165, 1.54) is 0 Å². The van der Waals surface area contributed by atoms with Crippen molar-refractivity contribution in [3.05, 3.63) is 72.2 Å². The molecular weight excluding hydrogens is 350 g/mol. The number of para-hydroxylation sites is 1. The summed E-state index contributed by atoms with van der Waals surface area (Å²) in [5.41, 5.74) is 3.46. The van der Waals surface area contributed by atoms with Gasteiger partial charge in [-0.3, -0.25) is 4.79 Å². The molecule has 6 heteroatoms. The van der Waals surface area contributed by atoms with Crippen LogP contribution in [-0.4, -0.2) is 32.9 Å². The molecule has 1 aromatic carbocycles. The van der Waals surface area contributed by atoms with Gasteiger partial charge in [0.05, 0.1) is 16.8 Å². The molecule has 140 valence electrons. The molecule has 1 fully saturated rings. The standard InChI is InChI=1S/C22H21N5O/c28-22(25-15-8-9-15)18-13-20(26-19-6-2-1-5-17(18)19)23-11-10-16-14-27-12-4-3-7-21(27)24-16/h1-7,12-15H,8-11H2,(H,23,26)(H,25,28). The molecule has 5 rings (SSSR count). The number of nitrogens with zero attached hydrogens (tertiary/aromatic N) is 3. The van der Waals surface area contributed by atoms with E-state index in [9.17, 15) is 4.79 Å². The maximum atomic E-state index is 12.7. The lowest BCUT2D eigenvalue weighted by Gasteiger charge is -2.11. The van der Waals surface area contributed by atoms with Gasteiger partial charge in [-0.1, -0.05) is 24.3 Å². The summed E-state index contributed by atoms with van der Waals surface area (Å²) in [5, 5.41) is 7.31. The zero-order valence-electron chi connectivity index (χ0n) is 15.4. The highest BCUT2D eigenvalue weighted by Crippen LogP contribution is 2.24. The highest BCUT2D eigenvalue weighted by molar-refractivity contribution is 6.07. The van der Waals surface area contributed by atoms with E-state index in [2.05, 4.69) is 20.6 Å². The minimum absolute atomic E-state index is 0.0236. The highest BCUT2D eigenvalue weighted by atomic mass is 16.1. The highest BCUT2D eigenvalue weighted by Gasteiger charge is 2.25. The number of imidazole rings is 1. The minimum Gasteiger partial charge on any atom is -0.370 e. The van der Waals surface area contributed by atoms with Crippen LogP contribution in [-0.2, 0) is 6.42 Å². The second-order valence-electron chi connectivity index (χ2n) is 7.20. The Morgan fingerprint density at radius 3 is 2.82 bits per heavy atom. The molecule has 0 saturated heterocycles. The Morgan fingerprint density at radius 2 is 1.96 bits per heavy atom. The molecule has 4 aromatic rings. The van der Waals surface area contributed by atoms with Crippen LogP contribution in [0.1, 0.15) is 28.9 Å². The average Bonchev–Trinajstić information content (AvgIpc) is 3.43. The second-order valence-corrected chi connectivity index (χ2v) is 7.20. The predicted molar refractivity (Wildman–Crippen MR) is 110 cm³/mol. The average molecular weight is 371 g/mol. The SMILES string of the molecule is O=C(NC1CC1)c1cc(NCCc2cn3ccccc3n2)nc2ccccc12. The topological polar surface area (TPSA) is 71.3 Å². The monoisotopic (exact) mass is 371 g/mol. The number of nitrogens with one attached hydrogen (secondary N) is 2. The van der Waals surface area contributed by atoms with Crippen LogP contribution in [0.2, 0.25) is 0 Å². The lowest BCUT2D eigenvalue weighted by molar-refractivity contribution is 0.0952. The molecular formula is C22H21N5O. The molecule has 0 radical (unpaired) electrons. The number of amides is 1. The third kappa shape index (κ3) is 3.41. The first kappa shape index (κ1) is 16.7.